The van der Waals surface area contributed by atoms with Gasteiger partial charge in [-0.3, -0.25) is 0 Å². The maximum atomic E-state index is 2.43. The Bertz CT molecular complexity index is 2080. The third-order valence-corrected chi connectivity index (χ3v) is 8.45. The number of hydrogen-bond acceptors (Lipinski definition) is 0. The van der Waals surface area contributed by atoms with Gasteiger partial charge in [0.25, 0.3) is 0 Å². The fraction of sp³-hybridized carbons (Fsp3) is 0.0526. The third-order valence-electron chi connectivity index (χ3n) is 8.45. The molecule has 0 radical (unpaired) electrons. The largest absolute Gasteiger partial charge is 0.0760 e. The highest BCUT2D eigenvalue weighted by Gasteiger charge is 2.33. The molecular formula is C38H26. The van der Waals surface area contributed by atoms with Gasteiger partial charge in [-0.1, -0.05) is 140 Å². The SMILES string of the molecule is C1=CC2C(c3cccc4ccccc34)=c3ccccc3=C(c3cc4ccccc4c4ccccc34)C2C=C1. The number of hydrogen-bond donors (Lipinski definition) is 0. The molecule has 2 atom stereocenters. The summed E-state index contributed by atoms with van der Waals surface area (Å²) in [7, 11) is 0. The van der Waals surface area contributed by atoms with Gasteiger partial charge in [0.2, 0.25) is 0 Å². The zero-order chi connectivity index (χ0) is 25.1. The molecule has 6 aromatic rings. The van der Waals surface area contributed by atoms with Gasteiger partial charge < -0.3 is 0 Å². The summed E-state index contributed by atoms with van der Waals surface area (Å²) < 4.78 is 0. The van der Waals surface area contributed by atoms with E-state index in [1.807, 2.05) is 0 Å². The van der Waals surface area contributed by atoms with E-state index in [4.69, 9.17) is 0 Å². The predicted octanol–water partition coefficient (Wildman–Crippen LogP) is 7.92. The number of benzene rings is 6. The van der Waals surface area contributed by atoms with Crippen molar-refractivity contribution in [1.29, 1.82) is 0 Å². The Labute approximate surface area is 222 Å². The van der Waals surface area contributed by atoms with Crippen LogP contribution in [0.4, 0.5) is 0 Å². The summed E-state index contributed by atoms with van der Waals surface area (Å²) in [6.45, 7) is 0. The van der Waals surface area contributed by atoms with Gasteiger partial charge in [-0.25, -0.2) is 0 Å². The number of fused-ring (bicyclic) bond motifs is 6. The lowest BCUT2D eigenvalue weighted by molar-refractivity contribution is 0.688. The average molecular weight is 483 g/mol. The quantitative estimate of drug-likeness (QED) is 0.220. The topological polar surface area (TPSA) is 0 Å². The minimum atomic E-state index is 0.258. The van der Waals surface area contributed by atoms with Gasteiger partial charge >= 0.3 is 0 Å². The molecule has 178 valence electrons. The summed E-state index contributed by atoms with van der Waals surface area (Å²) in [4.78, 5) is 0. The van der Waals surface area contributed by atoms with Gasteiger partial charge in [-0.05, 0) is 71.1 Å². The van der Waals surface area contributed by atoms with Crippen LogP contribution in [0.2, 0.25) is 0 Å². The molecule has 0 heteroatoms. The van der Waals surface area contributed by atoms with E-state index in [2.05, 4.69) is 146 Å². The standard InChI is InChI=1S/C38H26/c1-3-15-27-25(12-1)14-11-23-31(27)37-32-19-7-9-21-34(32)38(35-22-10-8-20-33(35)37)36-24-26-13-2-4-16-28(26)29-17-5-6-18-30(29)36/h1-24,32,34H. The zero-order valence-electron chi connectivity index (χ0n) is 21.0. The maximum absolute atomic E-state index is 2.43. The van der Waals surface area contributed by atoms with E-state index in [0.717, 1.165) is 0 Å². The predicted molar refractivity (Wildman–Crippen MR) is 161 cm³/mol. The van der Waals surface area contributed by atoms with Crippen LogP contribution in [0.25, 0.3) is 43.5 Å². The molecule has 8 rings (SSSR count). The maximum Gasteiger partial charge on any atom is 0.0137 e. The van der Waals surface area contributed by atoms with Crippen LogP contribution < -0.4 is 10.4 Å². The molecular weight excluding hydrogens is 456 g/mol. The minimum Gasteiger partial charge on any atom is -0.0760 e. The van der Waals surface area contributed by atoms with Gasteiger partial charge in [-0.15, -0.1) is 0 Å². The summed E-state index contributed by atoms with van der Waals surface area (Å²) in [6, 6.07) is 44.7. The van der Waals surface area contributed by atoms with Crippen molar-refractivity contribution in [2.45, 2.75) is 0 Å². The van der Waals surface area contributed by atoms with Crippen molar-refractivity contribution >= 4 is 43.5 Å². The highest BCUT2D eigenvalue weighted by atomic mass is 14.4. The normalized spacial score (nSPS) is 18.2. The molecule has 0 heterocycles. The first-order chi connectivity index (χ1) is 18.9. The molecule has 0 bridgehead atoms. The Kier molecular flexibility index (Phi) is 4.75. The number of rotatable bonds is 2. The van der Waals surface area contributed by atoms with Gasteiger partial charge in [0.05, 0.1) is 0 Å². The lowest BCUT2D eigenvalue weighted by atomic mass is 9.69. The van der Waals surface area contributed by atoms with E-state index in [1.165, 1.54) is 65.0 Å². The van der Waals surface area contributed by atoms with E-state index in [-0.39, 0.29) is 11.8 Å². The first-order valence-electron chi connectivity index (χ1n) is 13.5. The van der Waals surface area contributed by atoms with Crippen molar-refractivity contribution in [3.05, 3.63) is 167 Å². The second-order valence-corrected chi connectivity index (χ2v) is 10.4. The summed E-state index contributed by atoms with van der Waals surface area (Å²) in [5.74, 6) is 0.523. The van der Waals surface area contributed by atoms with E-state index in [1.54, 1.807) is 0 Å². The van der Waals surface area contributed by atoms with Crippen LogP contribution >= 0.6 is 0 Å². The monoisotopic (exact) mass is 482 g/mol. The van der Waals surface area contributed by atoms with Crippen molar-refractivity contribution in [3.8, 4) is 0 Å². The summed E-state index contributed by atoms with van der Waals surface area (Å²) >= 11 is 0. The van der Waals surface area contributed by atoms with Gasteiger partial charge in [-0.2, -0.15) is 0 Å². The fourth-order valence-electron chi connectivity index (χ4n) is 6.86. The molecule has 0 N–H and O–H groups in total. The second kappa shape index (κ2) is 8.43. The Morgan fingerprint density at radius 3 is 1.63 bits per heavy atom. The molecule has 0 fully saturated rings. The van der Waals surface area contributed by atoms with Crippen LogP contribution in [-0.4, -0.2) is 0 Å². The Morgan fingerprint density at radius 1 is 0.368 bits per heavy atom. The average Bonchev–Trinajstić information content (AvgIpc) is 2.99. The third kappa shape index (κ3) is 3.10. The van der Waals surface area contributed by atoms with Crippen molar-refractivity contribution in [3.63, 3.8) is 0 Å². The first-order valence-corrected chi connectivity index (χ1v) is 13.5. The van der Waals surface area contributed by atoms with Gasteiger partial charge in [0.15, 0.2) is 0 Å². The minimum absolute atomic E-state index is 0.258. The smallest absolute Gasteiger partial charge is 0.0137 e. The Morgan fingerprint density at radius 2 is 0.895 bits per heavy atom. The van der Waals surface area contributed by atoms with Crippen LogP contribution in [0.3, 0.4) is 0 Å². The Balaban J connectivity index is 1.57. The summed E-state index contributed by atoms with van der Waals surface area (Å²) in [6.07, 6.45) is 9.31. The molecule has 0 amide bonds. The first kappa shape index (κ1) is 21.4. The van der Waals surface area contributed by atoms with Gasteiger partial charge in [0.1, 0.15) is 0 Å². The second-order valence-electron chi connectivity index (χ2n) is 10.4. The van der Waals surface area contributed by atoms with Crippen molar-refractivity contribution in [2.75, 3.05) is 0 Å². The van der Waals surface area contributed by atoms with Crippen LogP contribution in [0, 0.1) is 11.8 Å². The van der Waals surface area contributed by atoms with Crippen molar-refractivity contribution in [1.82, 2.24) is 0 Å². The van der Waals surface area contributed by atoms with Gasteiger partial charge in [0, 0.05) is 11.8 Å². The van der Waals surface area contributed by atoms with E-state index in [9.17, 15) is 0 Å². The molecule has 6 aromatic carbocycles. The van der Waals surface area contributed by atoms with E-state index >= 15 is 0 Å². The molecule has 0 spiro atoms. The fourth-order valence-corrected chi connectivity index (χ4v) is 6.86. The highest BCUT2D eigenvalue weighted by Crippen LogP contribution is 2.44. The Hall–Kier alpha value is -4.68. The van der Waals surface area contributed by atoms with E-state index < -0.39 is 0 Å². The summed E-state index contributed by atoms with van der Waals surface area (Å²) in [5, 5.41) is 10.6. The molecule has 2 unspecified atom stereocenters. The zero-order valence-corrected chi connectivity index (χ0v) is 21.0. The molecule has 0 saturated carbocycles. The summed E-state index contributed by atoms with van der Waals surface area (Å²) in [5.41, 5.74) is 5.54. The van der Waals surface area contributed by atoms with E-state index in [0.29, 0.717) is 0 Å². The number of allylic oxidation sites excluding steroid dienone is 4. The lowest BCUT2D eigenvalue weighted by Gasteiger charge is -2.34. The van der Waals surface area contributed by atoms with Crippen molar-refractivity contribution in [2.24, 2.45) is 11.8 Å². The molecule has 0 saturated heterocycles. The van der Waals surface area contributed by atoms with Crippen LogP contribution in [-0.2, 0) is 0 Å². The molecule has 0 aromatic heterocycles. The van der Waals surface area contributed by atoms with Crippen LogP contribution in [0.5, 0.6) is 0 Å². The molecule has 0 nitrogen and oxygen atoms in total. The molecule has 0 aliphatic heterocycles. The highest BCUT2D eigenvalue weighted by molar-refractivity contribution is 6.12. The molecule has 2 aliphatic carbocycles. The molecule has 2 aliphatic rings. The molecule has 38 heavy (non-hydrogen) atoms. The van der Waals surface area contributed by atoms with Crippen LogP contribution in [0.15, 0.2) is 146 Å². The van der Waals surface area contributed by atoms with Crippen molar-refractivity contribution < 1.29 is 0 Å². The van der Waals surface area contributed by atoms with Crippen LogP contribution in [0.1, 0.15) is 11.1 Å². The lowest BCUT2D eigenvalue weighted by Crippen LogP contribution is -2.40.